The molecule has 5 nitrogen and oxygen atoms in total. The van der Waals surface area contributed by atoms with Crippen LogP contribution < -0.4 is 5.73 Å². The van der Waals surface area contributed by atoms with Crippen molar-refractivity contribution in [3.8, 4) is 0 Å². The molecular weight excluding hydrogens is 178 g/mol. The van der Waals surface area contributed by atoms with E-state index in [4.69, 9.17) is 5.73 Å². The molecule has 0 aromatic heterocycles. The molecule has 1 aliphatic rings. The van der Waals surface area contributed by atoms with Crippen LogP contribution in [-0.2, 0) is 10.2 Å². The maximum Gasteiger partial charge on any atom is 0.281 e. The van der Waals surface area contributed by atoms with Crippen LogP contribution in [0.25, 0.3) is 0 Å². The molecule has 1 fully saturated rings. The largest absolute Gasteiger partial charge is 0.326 e. The molecule has 6 heteroatoms. The van der Waals surface area contributed by atoms with E-state index in [1.165, 1.54) is 22.7 Å². The van der Waals surface area contributed by atoms with Crippen LogP contribution in [0.4, 0.5) is 0 Å². The number of nitrogens with zero attached hydrogens (tertiary/aromatic N) is 2. The normalized spacial score (nSPS) is 26.8. The zero-order valence-corrected chi connectivity index (χ0v) is 8.21. The summed E-state index contributed by atoms with van der Waals surface area (Å²) in [7, 11) is -0.169. The van der Waals surface area contributed by atoms with E-state index in [9.17, 15) is 8.42 Å². The highest BCUT2D eigenvalue weighted by Crippen LogP contribution is 2.13. The number of hydrogen-bond donors (Lipinski definition) is 1. The lowest BCUT2D eigenvalue weighted by Crippen LogP contribution is -2.39. The lowest BCUT2D eigenvalue weighted by atomic mass is 10.3. The summed E-state index contributed by atoms with van der Waals surface area (Å²) in [6.07, 6.45) is 0.757. The Morgan fingerprint density at radius 1 is 1.50 bits per heavy atom. The van der Waals surface area contributed by atoms with Crippen LogP contribution in [-0.4, -0.2) is 50.3 Å². The number of hydrogen-bond acceptors (Lipinski definition) is 3. The summed E-state index contributed by atoms with van der Waals surface area (Å²) in [5, 5.41) is 0. The van der Waals surface area contributed by atoms with Crippen LogP contribution in [0.2, 0.25) is 0 Å². The summed E-state index contributed by atoms with van der Waals surface area (Å²) in [6, 6.07) is -0.000255. The first kappa shape index (κ1) is 9.91. The van der Waals surface area contributed by atoms with Crippen molar-refractivity contribution in [1.82, 2.24) is 8.61 Å². The van der Waals surface area contributed by atoms with Crippen LogP contribution >= 0.6 is 0 Å². The van der Waals surface area contributed by atoms with Crippen LogP contribution in [0.3, 0.4) is 0 Å². The number of rotatable bonds is 2. The summed E-state index contributed by atoms with van der Waals surface area (Å²) < 4.78 is 25.6. The summed E-state index contributed by atoms with van der Waals surface area (Å²) in [5.74, 6) is 0. The Morgan fingerprint density at radius 3 is 2.42 bits per heavy atom. The van der Waals surface area contributed by atoms with Crippen molar-refractivity contribution >= 4 is 10.2 Å². The van der Waals surface area contributed by atoms with E-state index in [2.05, 4.69) is 0 Å². The van der Waals surface area contributed by atoms with Gasteiger partial charge in [-0.15, -0.1) is 0 Å². The average molecular weight is 193 g/mol. The lowest BCUT2D eigenvalue weighted by molar-refractivity contribution is 0.418. The molecule has 0 aromatic carbocycles. The van der Waals surface area contributed by atoms with Gasteiger partial charge >= 0.3 is 0 Å². The van der Waals surface area contributed by atoms with Crippen molar-refractivity contribution < 1.29 is 8.42 Å². The Kier molecular flexibility index (Phi) is 2.72. The molecular formula is C6H15N3O2S. The minimum Gasteiger partial charge on any atom is -0.326 e. The molecule has 0 aromatic rings. The van der Waals surface area contributed by atoms with Crippen molar-refractivity contribution in [2.24, 2.45) is 5.73 Å². The molecule has 72 valence electrons. The topological polar surface area (TPSA) is 66.6 Å². The third-order valence-electron chi connectivity index (χ3n) is 1.98. The molecule has 1 aliphatic heterocycles. The predicted molar refractivity (Wildman–Crippen MR) is 46.8 cm³/mol. The molecule has 0 aliphatic carbocycles. The Balaban J connectivity index is 2.71. The fourth-order valence-corrected chi connectivity index (χ4v) is 2.37. The average Bonchev–Trinajstić information content (AvgIpc) is 2.35. The second-order valence-electron chi connectivity index (χ2n) is 3.20. The highest BCUT2D eigenvalue weighted by Gasteiger charge is 2.30. The highest BCUT2D eigenvalue weighted by molar-refractivity contribution is 7.86. The minimum atomic E-state index is -3.22. The van der Waals surface area contributed by atoms with E-state index in [0.29, 0.717) is 13.1 Å². The summed E-state index contributed by atoms with van der Waals surface area (Å²) in [4.78, 5) is 0. The van der Waals surface area contributed by atoms with Gasteiger partial charge in [0.25, 0.3) is 10.2 Å². The van der Waals surface area contributed by atoms with Gasteiger partial charge in [-0.05, 0) is 6.42 Å². The molecule has 0 bridgehead atoms. The van der Waals surface area contributed by atoms with Gasteiger partial charge in [0.15, 0.2) is 0 Å². The molecule has 2 N–H and O–H groups in total. The summed E-state index contributed by atoms with van der Waals surface area (Å²) >= 11 is 0. The molecule has 0 unspecified atom stereocenters. The zero-order valence-electron chi connectivity index (χ0n) is 7.40. The molecule has 1 atom stereocenters. The summed E-state index contributed by atoms with van der Waals surface area (Å²) in [6.45, 7) is 0.988. The SMILES string of the molecule is CN(C)S(=O)(=O)N1CC[C@@H](N)C1. The Bertz CT molecular complexity index is 250. The van der Waals surface area contributed by atoms with Gasteiger partial charge in [-0.1, -0.05) is 0 Å². The second-order valence-corrected chi connectivity index (χ2v) is 5.34. The second kappa shape index (κ2) is 3.29. The van der Waals surface area contributed by atoms with Gasteiger partial charge < -0.3 is 5.73 Å². The first-order valence-corrected chi connectivity index (χ1v) is 5.27. The van der Waals surface area contributed by atoms with E-state index in [0.717, 1.165) is 6.42 Å². The molecule has 1 heterocycles. The quantitative estimate of drug-likeness (QED) is 0.600. The van der Waals surface area contributed by atoms with Crippen molar-refractivity contribution in [2.45, 2.75) is 12.5 Å². The first-order chi connectivity index (χ1) is 5.44. The van der Waals surface area contributed by atoms with Crippen LogP contribution in [0.15, 0.2) is 0 Å². The van der Waals surface area contributed by atoms with Gasteiger partial charge in [0.2, 0.25) is 0 Å². The minimum absolute atomic E-state index is 0.000255. The maximum atomic E-state index is 11.5. The highest BCUT2D eigenvalue weighted by atomic mass is 32.2. The van der Waals surface area contributed by atoms with E-state index < -0.39 is 10.2 Å². The van der Waals surface area contributed by atoms with E-state index >= 15 is 0 Å². The molecule has 0 saturated carbocycles. The van der Waals surface area contributed by atoms with Crippen LogP contribution in [0.5, 0.6) is 0 Å². The molecule has 0 radical (unpaired) electrons. The van der Waals surface area contributed by atoms with Crippen molar-refractivity contribution in [3.63, 3.8) is 0 Å². The van der Waals surface area contributed by atoms with Crippen LogP contribution in [0, 0.1) is 0 Å². The zero-order chi connectivity index (χ0) is 9.35. The third kappa shape index (κ3) is 1.77. The van der Waals surface area contributed by atoms with E-state index in [-0.39, 0.29) is 6.04 Å². The van der Waals surface area contributed by atoms with Gasteiger partial charge in [-0.3, -0.25) is 0 Å². The maximum absolute atomic E-state index is 11.5. The van der Waals surface area contributed by atoms with Gasteiger partial charge in [0.05, 0.1) is 0 Å². The van der Waals surface area contributed by atoms with Gasteiger partial charge in [-0.2, -0.15) is 17.0 Å². The molecule has 1 rings (SSSR count). The van der Waals surface area contributed by atoms with Crippen LogP contribution in [0.1, 0.15) is 6.42 Å². The van der Waals surface area contributed by atoms with Crippen molar-refractivity contribution in [1.29, 1.82) is 0 Å². The lowest BCUT2D eigenvalue weighted by Gasteiger charge is -2.20. The standard InChI is InChI=1S/C6H15N3O2S/c1-8(2)12(10,11)9-4-3-6(7)5-9/h6H,3-5,7H2,1-2H3/t6-/m1/s1. The Morgan fingerprint density at radius 2 is 2.08 bits per heavy atom. The smallest absolute Gasteiger partial charge is 0.281 e. The fourth-order valence-electron chi connectivity index (χ4n) is 1.19. The monoisotopic (exact) mass is 193 g/mol. The Labute approximate surface area is 73.3 Å². The predicted octanol–water partition coefficient (Wildman–Crippen LogP) is -1.17. The van der Waals surface area contributed by atoms with Gasteiger partial charge in [-0.25, -0.2) is 0 Å². The molecule has 0 amide bonds. The first-order valence-electron chi connectivity index (χ1n) is 3.88. The van der Waals surface area contributed by atoms with Gasteiger partial charge in [0, 0.05) is 33.2 Å². The third-order valence-corrected chi connectivity index (χ3v) is 3.88. The van der Waals surface area contributed by atoms with E-state index in [1.807, 2.05) is 0 Å². The fraction of sp³-hybridized carbons (Fsp3) is 1.00. The van der Waals surface area contributed by atoms with Crippen molar-refractivity contribution in [3.05, 3.63) is 0 Å². The molecule has 12 heavy (non-hydrogen) atoms. The van der Waals surface area contributed by atoms with Gasteiger partial charge in [0.1, 0.15) is 0 Å². The van der Waals surface area contributed by atoms with E-state index in [1.54, 1.807) is 0 Å². The Hall–Kier alpha value is -0.170. The summed E-state index contributed by atoms with van der Waals surface area (Å²) in [5.41, 5.74) is 5.60. The van der Waals surface area contributed by atoms with Crippen molar-refractivity contribution in [2.75, 3.05) is 27.2 Å². The molecule has 1 saturated heterocycles. The number of nitrogens with two attached hydrogens (primary N) is 1. The molecule has 0 spiro atoms.